The number of nitrogens with two attached hydrogens (primary N) is 1. The number of esters is 1. The predicted octanol–water partition coefficient (Wildman–Crippen LogP) is 0.111. The van der Waals surface area contributed by atoms with Gasteiger partial charge in [0.2, 0.25) is 0 Å². The van der Waals surface area contributed by atoms with Crippen molar-refractivity contribution in [1.82, 2.24) is 9.55 Å². The van der Waals surface area contributed by atoms with Crippen LogP contribution in [0.15, 0.2) is 16.1 Å². The Hall–Kier alpha value is -1.50. The number of thioether (sulfide) groups is 1. The Morgan fingerprint density at radius 2 is 2.38 bits per heavy atom. The van der Waals surface area contributed by atoms with E-state index >= 15 is 0 Å². The zero-order chi connectivity index (χ0) is 12.1. The fourth-order valence-corrected chi connectivity index (χ4v) is 1.66. The van der Waals surface area contributed by atoms with E-state index in [9.17, 15) is 9.59 Å². The third-order valence-electron chi connectivity index (χ3n) is 1.81. The molecule has 2 N–H and O–H groups in total. The maximum atomic E-state index is 11.7. The number of carbonyl (C=O) groups excluding carboxylic acids is 1. The molecule has 1 rings (SSSR count). The highest BCUT2D eigenvalue weighted by Gasteiger charge is 2.12. The van der Waals surface area contributed by atoms with Gasteiger partial charge in [0.1, 0.15) is 12.2 Å². The molecule has 0 atom stereocenters. The van der Waals surface area contributed by atoms with Gasteiger partial charge in [0.25, 0.3) is 5.56 Å². The summed E-state index contributed by atoms with van der Waals surface area (Å²) >= 11 is 1.27. The van der Waals surface area contributed by atoms with Crippen LogP contribution < -0.4 is 11.3 Å². The molecule has 0 aliphatic heterocycles. The van der Waals surface area contributed by atoms with Crippen LogP contribution in [0.25, 0.3) is 0 Å². The largest absolute Gasteiger partial charge is 0.465 e. The molecule has 0 spiro atoms. The van der Waals surface area contributed by atoms with E-state index in [1.165, 1.54) is 22.5 Å². The topological polar surface area (TPSA) is 87.2 Å². The van der Waals surface area contributed by atoms with Crippen LogP contribution in [0.5, 0.6) is 0 Å². The lowest BCUT2D eigenvalue weighted by molar-refractivity contribution is -0.144. The number of hydrogen-bond acceptors (Lipinski definition) is 6. The minimum Gasteiger partial charge on any atom is -0.465 e. The van der Waals surface area contributed by atoms with Crippen LogP contribution in [0, 0.1) is 0 Å². The van der Waals surface area contributed by atoms with E-state index in [2.05, 4.69) is 4.98 Å². The maximum absolute atomic E-state index is 11.7. The van der Waals surface area contributed by atoms with Crippen molar-refractivity contribution in [3.05, 3.63) is 16.6 Å². The summed E-state index contributed by atoms with van der Waals surface area (Å²) in [6.07, 6.45) is 3.05. The molecule has 0 aliphatic carbocycles. The number of nitrogen functional groups attached to an aromatic ring is 1. The zero-order valence-corrected chi connectivity index (χ0v) is 9.91. The van der Waals surface area contributed by atoms with Crippen molar-refractivity contribution in [2.45, 2.75) is 18.6 Å². The highest BCUT2D eigenvalue weighted by Crippen LogP contribution is 2.09. The Bertz CT molecular complexity index is 444. The van der Waals surface area contributed by atoms with Crippen molar-refractivity contribution in [2.75, 3.05) is 18.6 Å². The van der Waals surface area contributed by atoms with Crippen molar-refractivity contribution < 1.29 is 9.53 Å². The summed E-state index contributed by atoms with van der Waals surface area (Å²) in [7, 11) is 0. The van der Waals surface area contributed by atoms with Crippen molar-refractivity contribution in [3.8, 4) is 0 Å². The van der Waals surface area contributed by atoms with Gasteiger partial charge >= 0.3 is 5.97 Å². The van der Waals surface area contributed by atoms with Crippen LogP contribution >= 0.6 is 11.8 Å². The molecule has 0 fully saturated rings. The number of aromatic nitrogens is 2. The molecule has 0 bridgehead atoms. The van der Waals surface area contributed by atoms with Crippen LogP contribution in [0.4, 0.5) is 5.69 Å². The second-order valence-electron chi connectivity index (χ2n) is 2.90. The van der Waals surface area contributed by atoms with Gasteiger partial charge < -0.3 is 10.5 Å². The van der Waals surface area contributed by atoms with Crippen LogP contribution in [0.1, 0.15) is 6.92 Å². The second kappa shape index (κ2) is 5.55. The van der Waals surface area contributed by atoms with E-state index in [1.807, 2.05) is 0 Å². The van der Waals surface area contributed by atoms with Gasteiger partial charge in [-0.2, -0.15) is 0 Å². The first-order valence-electron chi connectivity index (χ1n) is 4.65. The number of hydrogen-bond donors (Lipinski definition) is 1. The molecule has 0 saturated heterocycles. The van der Waals surface area contributed by atoms with Gasteiger partial charge in [-0.25, -0.2) is 4.98 Å². The quantitative estimate of drug-likeness (QED) is 0.459. The fourth-order valence-electron chi connectivity index (χ4n) is 1.13. The van der Waals surface area contributed by atoms with Gasteiger partial charge in [0, 0.05) is 0 Å². The lowest BCUT2D eigenvalue weighted by atomic mass is 10.5. The van der Waals surface area contributed by atoms with Crippen LogP contribution in [0.2, 0.25) is 0 Å². The van der Waals surface area contributed by atoms with E-state index < -0.39 is 11.5 Å². The lowest BCUT2D eigenvalue weighted by Crippen LogP contribution is -2.29. The van der Waals surface area contributed by atoms with Crippen LogP contribution in [-0.2, 0) is 16.1 Å². The van der Waals surface area contributed by atoms with Crippen LogP contribution in [-0.4, -0.2) is 28.4 Å². The molecule has 1 aromatic heterocycles. The molecular formula is C9H13N3O3S. The third-order valence-corrected chi connectivity index (χ3v) is 2.50. The summed E-state index contributed by atoms with van der Waals surface area (Å²) in [6, 6.07) is 0. The molecule has 0 unspecified atom stereocenters. The van der Waals surface area contributed by atoms with Gasteiger partial charge in [-0.05, 0) is 13.2 Å². The molecule has 0 saturated carbocycles. The lowest BCUT2D eigenvalue weighted by Gasteiger charge is -2.09. The first-order chi connectivity index (χ1) is 7.60. The van der Waals surface area contributed by atoms with Crippen molar-refractivity contribution in [2.24, 2.45) is 0 Å². The van der Waals surface area contributed by atoms with Gasteiger partial charge in [0.15, 0.2) is 5.16 Å². The van der Waals surface area contributed by atoms with E-state index in [4.69, 9.17) is 10.5 Å². The summed E-state index contributed by atoms with van der Waals surface area (Å²) in [4.78, 5) is 26.9. The highest BCUT2D eigenvalue weighted by atomic mass is 32.2. The number of ether oxygens (including phenoxy) is 1. The Kier molecular flexibility index (Phi) is 4.36. The van der Waals surface area contributed by atoms with Gasteiger partial charge in [-0.15, -0.1) is 0 Å². The molecule has 1 aromatic rings. The van der Waals surface area contributed by atoms with Gasteiger partial charge in [-0.3, -0.25) is 14.2 Å². The molecule has 1 heterocycles. The Morgan fingerprint density at radius 3 is 2.94 bits per heavy atom. The van der Waals surface area contributed by atoms with Gasteiger partial charge in [-0.1, -0.05) is 11.8 Å². The average molecular weight is 243 g/mol. The predicted molar refractivity (Wildman–Crippen MR) is 61.3 cm³/mol. The minimum atomic E-state index is -0.479. The van der Waals surface area contributed by atoms with E-state index in [-0.39, 0.29) is 18.8 Å². The molecule has 0 amide bonds. The summed E-state index contributed by atoms with van der Waals surface area (Å²) < 4.78 is 5.97. The highest BCUT2D eigenvalue weighted by molar-refractivity contribution is 7.98. The minimum absolute atomic E-state index is 0.0158. The van der Waals surface area contributed by atoms with Crippen molar-refractivity contribution >= 4 is 23.4 Å². The van der Waals surface area contributed by atoms with E-state index in [0.717, 1.165) is 0 Å². The molecule has 16 heavy (non-hydrogen) atoms. The molecule has 7 heteroatoms. The second-order valence-corrected chi connectivity index (χ2v) is 3.67. The monoisotopic (exact) mass is 243 g/mol. The third kappa shape index (κ3) is 2.75. The molecule has 88 valence electrons. The normalized spacial score (nSPS) is 10.1. The summed E-state index contributed by atoms with van der Waals surface area (Å²) in [5.74, 6) is -0.479. The van der Waals surface area contributed by atoms with Crippen LogP contribution in [0.3, 0.4) is 0 Å². The molecular weight excluding hydrogens is 230 g/mol. The fraction of sp³-hybridized carbons (Fsp3) is 0.444. The first-order valence-corrected chi connectivity index (χ1v) is 5.87. The summed E-state index contributed by atoms with van der Waals surface area (Å²) in [6.45, 7) is 1.81. The van der Waals surface area contributed by atoms with Crippen molar-refractivity contribution in [3.63, 3.8) is 0 Å². The standard InChI is InChI=1S/C9H13N3O3S/c1-3-15-7(13)5-12-8(14)6(10)4-11-9(12)16-2/h4H,3,5,10H2,1-2H3. The maximum Gasteiger partial charge on any atom is 0.326 e. The SMILES string of the molecule is CCOC(=O)Cn1c(SC)ncc(N)c1=O. The first kappa shape index (κ1) is 12.6. The molecule has 0 aromatic carbocycles. The Labute approximate surface area is 96.8 Å². The number of anilines is 1. The van der Waals surface area contributed by atoms with E-state index in [1.54, 1.807) is 13.2 Å². The number of carbonyl (C=O) groups is 1. The smallest absolute Gasteiger partial charge is 0.326 e. The number of rotatable bonds is 4. The zero-order valence-electron chi connectivity index (χ0n) is 9.10. The number of nitrogens with zero attached hydrogens (tertiary/aromatic N) is 2. The summed E-state index contributed by atoms with van der Waals surface area (Å²) in [5, 5.41) is 0.437. The van der Waals surface area contributed by atoms with Crippen molar-refractivity contribution in [1.29, 1.82) is 0 Å². The average Bonchev–Trinajstić information content (AvgIpc) is 2.25. The molecule has 0 aliphatic rings. The molecule has 0 radical (unpaired) electrons. The Morgan fingerprint density at radius 1 is 1.69 bits per heavy atom. The molecule has 6 nitrogen and oxygen atoms in total. The summed E-state index contributed by atoms with van der Waals surface area (Å²) in [5.41, 5.74) is 5.03. The Balaban J connectivity index is 3.06. The van der Waals surface area contributed by atoms with E-state index in [0.29, 0.717) is 5.16 Å². The van der Waals surface area contributed by atoms with Gasteiger partial charge in [0.05, 0.1) is 12.8 Å².